The second kappa shape index (κ2) is 2.31. The molecule has 1 saturated carbocycles. The molecule has 0 spiro atoms. The molecule has 3 nitrogen and oxygen atoms in total. The van der Waals surface area contributed by atoms with Gasteiger partial charge in [-0.1, -0.05) is 19.0 Å². The topological polar surface area (TPSA) is 55.5 Å². The molecule has 2 atom stereocenters. The summed E-state index contributed by atoms with van der Waals surface area (Å²) >= 11 is 0. The van der Waals surface area contributed by atoms with Crippen molar-refractivity contribution in [2.24, 2.45) is 28.2 Å². The third-order valence-electron chi connectivity index (χ3n) is 2.81. The Morgan fingerprint density at radius 3 is 2.40 bits per heavy atom. The number of hydrogen-bond acceptors (Lipinski definition) is 3. The zero-order valence-corrected chi connectivity index (χ0v) is 6.50. The lowest BCUT2D eigenvalue weighted by atomic mass is 10.1. The molecule has 0 aromatic rings. The number of hydrogen-bond donors (Lipinski definition) is 1. The summed E-state index contributed by atoms with van der Waals surface area (Å²) in [5, 5.41) is 2.89. The highest BCUT2D eigenvalue weighted by atomic mass is 16.3. The van der Waals surface area contributed by atoms with Gasteiger partial charge in [0.05, 0.1) is 6.54 Å². The van der Waals surface area contributed by atoms with Crippen molar-refractivity contribution in [3.05, 3.63) is 4.91 Å². The van der Waals surface area contributed by atoms with Crippen molar-refractivity contribution in [3.63, 3.8) is 0 Å². The lowest BCUT2D eigenvalue weighted by Gasteiger charge is -1.97. The van der Waals surface area contributed by atoms with Gasteiger partial charge in [0.15, 0.2) is 0 Å². The van der Waals surface area contributed by atoms with E-state index in [1.165, 1.54) is 0 Å². The van der Waals surface area contributed by atoms with Crippen LogP contribution in [0.5, 0.6) is 0 Å². The highest BCUT2D eigenvalue weighted by Crippen LogP contribution is 2.57. The van der Waals surface area contributed by atoms with Crippen LogP contribution in [0.1, 0.15) is 13.8 Å². The van der Waals surface area contributed by atoms with Gasteiger partial charge in [0.1, 0.15) is 0 Å². The standard InChI is InChI=1S/C7H14N2O/c1-7(2)5(3-8)6(7)4-9-10/h5-6H,3-4,8H2,1-2H3/t5-,6+/m0/s1. The summed E-state index contributed by atoms with van der Waals surface area (Å²) in [6.45, 7) is 5.41. The fourth-order valence-electron chi connectivity index (χ4n) is 1.77. The highest BCUT2D eigenvalue weighted by Gasteiger charge is 2.56. The average Bonchev–Trinajstić information content (AvgIpc) is 2.36. The third-order valence-corrected chi connectivity index (χ3v) is 2.81. The first-order chi connectivity index (χ1) is 4.64. The maximum Gasteiger partial charge on any atom is 0.0847 e. The zero-order chi connectivity index (χ0) is 7.78. The van der Waals surface area contributed by atoms with Crippen LogP contribution in [0.15, 0.2) is 5.18 Å². The Labute approximate surface area is 61.0 Å². The third kappa shape index (κ3) is 0.944. The molecule has 0 aliphatic heterocycles. The molecule has 10 heavy (non-hydrogen) atoms. The molecule has 0 aromatic carbocycles. The summed E-state index contributed by atoms with van der Waals surface area (Å²) < 4.78 is 0. The molecule has 0 bridgehead atoms. The first-order valence-electron chi connectivity index (χ1n) is 3.63. The molecule has 0 aromatic heterocycles. The van der Waals surface area contributed by atoms with Gasteiger partial charge in [-0.25, -0.2) is 0 Å². The SMILES string of the molecule is CC1(C)[C@H](CN=O)[C@@H]1CN. The van der Waals surface area contributed by atoms with E-state index in [0.717, 1.165) is 0 Å². The van der Waals surface area contributed by atoms with E-state index in [9.17, 15) is 4.91 Å². The molecule has 0 saturated heterocycles. The Hall–Kier alpha value is -0.440. The van der Waals surface area contributed by atoms with Gasteiger partial charge in [-0.15, -0.1) is 0 Å². The average molecular weight is 142 g/mol. The highest BCUT2D eigenvalue weighted by molar-refractivity contribution is 5.05. The molecular weight excluding hydrogens is 128 g/mol. The van der Waals surface area contributed by atoms with Gasteiger partial charge in [-0.05, 0) is 23.8 Å². The van der Waals surface area contributed by atoms with Gasteiger partial charge in [0, 0.05) is 0 Å². The molecule has 3 heteroatoms. The van der Waals surface area contributed by atoms with Crippen molar-refractivity contribution >= 4 is 0 Å². The van der Waals surface area contributed by atoms with E-state index in [2.05, 4.69) is 19.0 Å². The van der Waals surface area contributed by atoms with Crippen LogP contribution >= 0.6 is 0 Å². The minimum atomic E-state index is 0.267. The Morgan fingerprint density at radius 2 is 2.10 bits per heavy atom. The van der Waals surface area contributed by atoms with Crippen molar-refractivity contribution in [1.82, 2.24) is 0 Å². The van der Waals surface area contributed by atoms with Crippen molar-refractivity contribution < 1.29 is 0 Å². The van der Waals surface area contributed by atoms with Crippen LogP contribution in [0.4, 0.5) is 0 Å². The Kier molecular flexibility index (Phi) is 1.77. The van der Waals surface area contributed by atoms with Gasteiger partial charge < -0.3 is 5.73 Å². The second-order valence-electron chi connectivity index (χ2n) is 3.58. The molecule has 1 fully saturated rings. The minimum Gasteiger partial charge on any atom is -0.330 e. The number of nitroso groups, excluding NO2 is 1. The molecule has 0 heterocycles. The largest absolute Gasteiger partial charge is 0.330 e. The summed E-state index contributed by atoms with van der Waals surface area (Å²) in [4.78, 5) is 9.91. The fourth-order valence-corrected chi connectivity index (χ4v) is 1.77. The lowest BCUT2D eigenvalue weighted by molar-refractivity contribution is 0.540. The van der Waals surface area contributed by atoms with Crippen molar-refractivity contribution in [2.45, 2.75) is 13.8 Å². The molecule has 2 N–H and O–H groups in total. The summed E-state index contributed by atoms with van der Waals surface area (Å²) in [5.74, 6) is 0.959. The van der Waals surface area contributed by atoms with Crippen LogP contribution in [0.25, 0.3) is 0 Å². The first kappa shape index (κ1) is 7.66. The summed E-state index contributed by atoms with van der Waals surface area (Å²) in [6, 6.07) is 0. The molecule has 0 unspecified atom stereocenters. The monoisotopic (exact) mass is 142 g/mol. The Balaban J connectivity index is 2.44. The van der Waals surface area contributed by atoms with Crippen molar-refractivity contribution in [2.75, 3.05) is 13.1 Å². The molecular formula is C7H14N2O. The smallest absolute Gasteiger partial charge is 0.0847 e. The van der Waals surface area contributed by atoms with E-state index in [1.54, 1.807) is 0 Å². The minimum absolute atomic E-state index is 0.267. The number of nitrogens with zero attached hydrogens (tertiary/aromatic N) is 1. The van der Waals surface area contributed by atoms with Crippen molar-refractivity contribution in [3.8, 4) is 0 Å². The van der Waals surface area contributed by atoms with Crippen molar-refractivity contribution in [1.29, 1.82) is 0 Å². The van der Waals surface area contributed by atoms with Gasteiger partial charge in [-0.3, -0.25) is 0 Å². The summed E-state index contributed by atoms with van der Waals surface area (Å²) in [7, 11) is 0. The van der Waals surface area contributed by atoms with Crippen LogP contribution in [0, 0.1) is 22.2 Å². The second-order valence-corrected chi connectivity index (χ2v) is 3.58. The number of nitrogens with two attached hydrogens (primary N) is 1. The van der Waals surface area contributed by atoms with E-state index in [4.69, 9.17) is 5.73 Å². The van der Waals surface area contributed by atoms with E-state index in [0.29, 0.717) is 24.9 Å². The normalized spacial score (nSPS) is 35.5. The van der Waals surface area contributed by atoms with Gasteiger partial charge in [-0.2, -0.15) is 4.91 Å². The summed E-state index contributed by atoms with van der Waals surface area (Å²) in [6.07, 6.45) is 0. The summed E-state index contributed by atoms with van der Waals surface area (Å²) in [5.41, 5.74) is 5.75. The van der Waals surface area contributed by atoms with Crippen LogP contribution in [0.3, 0.4) is 0 Å². The van der Waals surface area contributed by atoms with Gasteiger partial charge in [0.25, 0.3) is 0 Å². The van der Waals surface area contributed by atoms with Gasteiger partial charge >= 0.3 is 0 Å². The van der Waals surface area contributed by atoms with Gasteiger partial charge in [0.2, 0.25) is 0 Å². The molecule has 0 amide bonds. The van der Waals surface area contributed by atoms with E-state index in [1.807, 2.05) is 0 Å². The predicted molar refractivity (Wildman–Crippen MR) is 40.5 cm³/mol. The quantitative estimate of drug-likeness (QED) is 0.597. The predicted octanol–water partition coefficient (Wildman–Crippen LogP) is 0.984. The van der Waals surface area contributed by atoms with E-state index >= 15 is 0 Å². The fraction of sp³-hybridized carbons (Fsp3) is 1.00. The first-order valence-corrected chi connectivity index (χ1v) is 3.63. The van der Waals surface area contributed by atoms with E-state index < -0.39 is 0 Å². The van der Waals surface area contributed by atoms with Crippen LogP contribution in [-0.2, 0) is 0 Å². The zero-order valence-electron chi connectivity index (χ0n) is 6.50. The molecule has 1 aliphatic carbocycles. The number of rotatable bonds is 3. The van der Waals surface area contributed by atoms with Crippen LogP contribution in [-0.4, -0.2) is 13.1 Å². The molecule has 1 aliphatic rings. The Morgan fingerprint density at radius 1 is 1.50 bits per heavy atom. The molecule has 58 valence electrons. The molecule has 1 rings (SSSR count). The maximum atomic E-state index is 9.91. The maximum absolute atomic E-state index is 9.91. The van der Waals surface area contributed by atoms with Crippen LogP contribution < -0.4 is 5.73 Å². The lowest BCUT2D eigenvalue weighted by Crippen LogP contribution is -2.05. The Bertz CT molecular complexity index is 145. The van der Waals surface area contributed by atoms with E-state index in [-0.39, 0.29) is 5.41 Å². The van der Waals surface area contributed by atoms with Crippen LogP contribution in [0.2, 0.25) is 0 Å². The molecule has 0 radical (unpaired) electrons.